The number of rotatable bonds is 4. The van der Waals surface area contributed by atoms with Crippen LogP contribution in [0.25, 0.3) is 0 Å². The summed E-state index contributed by atoms with van der Waals surface area (Å²) in [6, 6.07) is 0. The number of hydrogen-bond donors (Lipinski definition) is 1. The van der Waals surface area contributed by atoms with Gasteiger partial charge in [0.05, 0.1) is 13.2 Å². The van der Waals surface area contributed by atoms with E-state index in [0.29, 0.717) is 12.2 Å². The molecule has 2 heterocycles. The first-order valence-electron chi connectivity index (χ1n) is 6.16. The van der Waals surface area contributed by atoms with Crippen LogP contribution in [0.4, 0.5) is 0 Å². The van der Waals surface area contributed by atoms with Crippen molar-refractivity contribution in [2.75, 3.05) is 13.1 Å². The van der Waals surface area contributed by atoms with Gasteiger partial charge in [0.25, 0.3) is 0 Å². The van der Waals surface area contributed by atoms with Crippen LogP contribution in [-0.4, -0.2) is 54.9 Å². The molecule has 1 saturated heterocycles. The van der Waals surface area contributed by atoms with Crippen LogP contribution in [0.3, 0.4) is 0 Å². The largest absolute Gasteiger partial charge is 0.391 e. The zero-order valence-electron chi connectivity index (χ0n) is 10.8. The third-order valence-electron chi connectivity index (χ3n) is 3.66. The monoisotopic (exact) mass is 239 g/mol. The van der Waals surface area contributed by atoms with Crippen molar-refractivity contribution < 1.29 is 5.11 Å². The van der Waals surface area contributed by atoms with E-state index in [4.69, 9.17) is 0 Å². The van der Waals surface area contributed by atoms with Gasteiger partial charge in [-0.25, -0.2) is 0 Å². The number of aromatic nitrogens is 4. The second-order valence-corrected chi connectivity index (χ2v) is 5.26. The summed E-state index contributed by atoms with van der Waals surface area (Å²) in [4.78, 5) is 3.76. The lowest BCUT2D eigenvalue weighted by Gasteiger charge is -2.39. The summed E-state index contributed by atoms with van der Waals surface area (Å²) < 4.78 is 0. The molecule has 0 saturated carbocycles. The van der Waals surface area contributed by atoms with E-state index in [1.165, 1.54) is 17.6 Å². The molecule has 17 heavy (non-hydrogen) atoms. The third kappa shape index (κ3) is 2.63. The zero-order chi connectivity index (χ0) is 12.5. The van der Waals surface area contributed by atoms with Gasteiger partial charge < -0.3 is 5.11 Å². The first kappa shape index (κ1) is 12.4. The van der Waals surface area contributed by atoms with Crippen LogP contribution in [0.15, 0.2) is 0 Å². The van der Waals surface area contributed by atoms with Crippen LogP contribution >= 0.6 is 0 Å². The van der Waals surface area contributed by atoms with Crippen molar-refractivity contribution in [2.45, 2.75) is 44.8 Å². The van der Waals surface area contributed by atoms with Crippen LogP contribution in [0.1, 0.15) is 32.5 Å². The first-order chi connectivity index (χ1) is 8.00. The van der Waals surface area contributed by atoms with Crippen molar-refractivity contribution in [1.29, 1.82) is 0 Å². The molecule has 1 atom stereocenters. The summed E-state index contributed by atoms with van der Waals surface area (Å²) in [5, 5.41) is 22.1. The molecule has 1 unspecified atom stereocenters. The Morgan fingerprint density at radius 2 is 2.00 bits per heavy atom. The molecule has 1 aliphatic heterocycles. The lowest BCUT2D eigenvalue weighted by molar-refractivity contribution is 0.00225. The molecular formula is C11H21N5O. The number of aliphatic hydroxyl groups excluding tert-OH is 1. The maximum Gasteiger partial charge on any atom is 0.177 e. The van der Waals surface area contributed by atoms with Gasteiger partial charge in [0.15, 0.2) is 5.82 Å². The van der Waals surface area contributed by atoms with E-state index in [0.717, 1.165) is 13.1 Å². The Kier molecular flexibility index (Phi) is 3.44. The van der Waals surface area contributed by atoms with Gasteiger partial charge in [-0.3, -0.25) is 4.90 Å². The summed E-state index contributed by atoms with van der Waals surface area (Å²) >= 11 is 0. The first-order valence-corrected chi connectivity index (χ1v) is 6.16. The van der Waals surface area contributed by atoms with Crippen LogP contribution < -0.4 is 0 Å². The minimum Gasteiger partial charge on any atom is -0.391 e. The van der Waals surface area contributed by atoms with E-state index in [1.54, 1.807) is 7.05 Å². The number of likely N-dealkylation sites (tertiary alicyclic amines) is 1. The molecule has 0 bridgehead atoms. The van der Waals surface area contributed by atoms with Gasteiger partial charge in [-0.05, 0) is 45.0 Å². The van der Waals surface area contributed by atoms with Crippen molar-refractivity contribution in [3.8, 4) is 0 Å². The molecule has 0 radical (unpaired) electrons. The maximum absolute atomic E-state index is 10.3. The quantitative estimate of drug-likeness (QED) is 0.800. The Hall–Kier alpha value is -1.01. The number of hydrogen-bond acceptors (Lipinski definition) is 5. The van der Waals surface area contributed by atoms with Crippen LogP contribution in [0, 0.1) is 0 Å². The Bertz CT molecular complexity index is 370. The highest BCUT2D eigenvalue weighted by atomic mass is 16.3. The fourth-order valence-electron chi connectivity index (χ4n) is 2.33. The zero-order valence-corrected chi connectivity index (χ0v) is 10.8. The minimum atomic E-state index is -0.468. The second kappa shape index (κ2) is 4.70. The van der Waals surface area contributed by atoms with Crippen molar-refractivity contribution in [2.24, 2.45) is 7.05 Å². The lowest BCUT2D eigenvalue weighted by Crippen LogP contribution is -2.52. The van der Waals surface area contributed by atoms with E-state index in [2.05, 4.69) is 34.2 Å². The molecule has 96 valence electrons. The van der Waals surface area contributed by atoms with Gasteiger partial charge in [0.1, 0.15) is 0 Å². The fourth-order valence-corrected chi connectivity index (χ4v) is 2.33. The smallest absolute Gasteiger partial charge is 0.177 e. The molecule has 1 aromatic heterocycles. The lowest BCUT2D eigenvalue weighted by atomic mass is 9.92. The van der Waals surface area contributed by atoms with Crippen molar-refractivity contribution in [3.63, 3.8) is 0 Å². The molecule has 0 aliphatic carbocycles. The molecule has 1 fully saturated rings. The molecule has 0 spiro atoms. The number of nitrogens with zero attached hydrogens (tertiary/aromatic N) is 5. The average Bonchev–Trinajstić information content (AvgIpc) is 2.89. The standard InChI is InChI=1S/C11H21N5O/c1-11(2,16-6-4-5-7-16)9(17)8-10-12-14-15(3)13-10/h9,17H,4-8H2,1-3H3. The summed E-state index contributed by atoms with van der Waals surface area (Å²) in [6.45, 7) is 6.30. The van der Waals surface area contributed by atoms with Crippen LogP contribution in [-0.2, 0) is 13.5 Å². The van der Waals surface area contributed by atoms with E-state index in [-0.39, 0.29) is 5.54 Å². The fraction of sp³-hybridized carbons (Fsp3) is 0.909. The van der Waals surface area contributed by atoms with Crippen molar-refractivity contribution >= 4 is 0 Å². The Morgan fingerprint density at radius 3 is 2.53 bits per heavy atom. The topological polar surface area (TPSA) is 67.1 Å². The van der Waals surface area contributed by atoms with Gasteiger partial charge in [-0.2, -0.15) is 4.80 Å². The predicted octanol–water partition coefficient (Wildman–Crippen LogP) is -0.0121. The SMILES string of the molecule is Cn1nnc(CC(O)C(C)(C)N2CCCC2)n1. The highest BCUT2D eigenvalue weighted by molar-refractivity contribution is 4.95. The van der Waals surface area contributed by atoms with E-state index >= 15 is 0 Å². The van der Waals surface area contributed by atoms with Gasteiger partial charge >= 0.3 is 0 Å². The summed E-state index contributed by atoms with van der Waals surface area (Å²) in [6.07, 6.45) is 2.43. The van der Waals surface area contributed by atoms with Gasteiger partial charge in [-0.15, -0.1) is 10.2 Å². The Balaban J connectivity index is 2.00. The molecular weight excluding hydrogens is 218 g/mol. The molecule has 1 aromatic rings. The normalized spacial score (nSPS) is 19.8. The van der Waals surface area contributed by atoms with Crippen LogP contribution in [0.2, 0.25) is 0 Å². The Morgan fingerprint density at radius 1 is 1.35 bits per heavy atom. The summed E-state index contributed by atoms with van der Waals surface area (Å²) in [7, 11) is 1.73. The van der Waals surface area contributed by atoms with Crippen molar-refractivity contribution in [1.82, 2.24) is 25.1 Å². The summed E-state index contributed by atoms with van der Waals surface area (Å²) in [5.74, 6) is 0.604. The van der Waals surface area contributed by atoms with Gasteiger partial charge in [-0.1, -0.05) is 0 Å². The average molecular weight is 239 g/mol. The number of aliphatic hydroxyl groups is 1. The molecule has 0 amide bonds. The molecule has 2 rings (SSSR count). The van der Waals surface area contributed by atoms with Crippen molar-refractivity contribution in [3.05, 3.63) is 5.82 Å². The second-order valence-electron chi connectivity index (χ2n) is 5.26. The molecule has 1 N–H and O–H groups in total. The highest BCUT2D eigenvalue weighted by Gasteiger charge is 2.36. The molecule has 6 nitrogen and oxygen atoms in total. The van der Waals surface area contributed by atoms with Crippen LogP contribution in [0.5, 0.6) is 0 Å². The van der Waals surface area contributed by atoms with E-state index in [1.807, 2.05) is 0 Å². The van der Waals surface area contributed by atoms with E-state index in [9.17, 15) is 5.11 Å². The predicted molar refractivity (Wildman–Crippen MR) is 63.4 cm³/mol. The molecule has 0 aromatic carbocycles. The molecule has 1 aliphatic rings. The van der Waals surface area contributed by atoms with E-state index < -0.39 is 6.10 Å². The summed E-state index contributed by atoms with van der Waals surface area (Å²) in [5.41, 5.74) is -0.226. The third-order valence-corrected chi connectivity index (χ3v) is 3.66. The molecule has 6 heteroatoms. The Labute approximate surface area is 102 Å². The van der Waals surface area contributed by atoms with Gasteiger partial charge in [0, 0.05) is 12.0 Å². The maximum atomic E-state index is 10.3. The minimum absolute atomic E-state index is 0.226. The van der Waals surface area contributed by atoms with Gasteiger partial charge in [0.2, 0.25) is 0 Å². The number of tetrazole rings is 1. The number of aryl methyl sites for hydroxylation is 1. The highest BCUT2D eigenvalue weighted by Crippen LogP contribution is 2.25.